The molecule has 27 heavy (non-hydrogen) atoms. The van der Waals surface area contributed by atoms with Crippen LogP contribution in [0.4, 0.5) is 0 Å². The van der Waals surface area contributed by atoms with E-state index in [-0.39, 0.29) is 0 Å². The zero-order valence-electron chi connectivity index (χ0n) is 15.4. The molecule has 0 fully saturated rings. The highest BCUT2D eigenvalue weighted by Crippen LogP contribution is 2.29. The number of halogens is 1. The molecule has 3 aromatic carbocycles. The van der Waals surface area contributed by atoms with Crippen LogP contribution in [-0.4, -0.2) is 14.7 Å². The number of nitrogens with zero attached hydrogens (tertiary/aromatic N) is 2. The number of rotatable bonds is 4. The Morgan fingerprint density at radius 2 is 1.63 bits per heavy atom. The Kier molecular flexibility index (Phi) is 4.73. The van der Waals surface area contributed by atoms with Crippen molar-refractivity contribution in [1.29, 1.82) is 0 Å². The fourth-order valence-corrected chi connectivity index (χ4v) is 3.55. The first-order valence-corrected chi connectivity index (χ1v) is 9.36. The Hall–Kier alpha value is -2.62. The van der Waals surface area contributed by atoms with E-state index in [1.807, 2.05) is 54.6 Å². The molecule has 0 bridgehead atoms. The summed E-state index contributed by atoms with van der Waals surface area (Å²) in [4.78, 5) is 4.79. The Labute approximate surface area is 163 Å². The van der Waals surface area contributed by atoms with Crippen molar-refractivity contribution in [1.82, 2.24) is 9.55 Å². The number of hydrogen-bond donors (Lipinski definition) is 1. The average Bonchev–Trinajstić information content (AvgIpc) is 3.01. The van der Waals surface area contributed by atoms with E-state index in [4.69, 9.17) is 16.6 Å². The molecular weight excluding hydrogens is 356 g/mol. The minimum Gasteiger partial charge on any atom is -0.380 e. The van der Waals surface area contributed by atoms with E-state index in [1.54, 1.807) is 0 Å². The minimum absolute atomic E-state index is 0.553. The van der Waals surface area contributed by atoms with Crippen LogP contribution in [0.15, 0.2) is 66.7 Å². The number of imidazole rings is 1. The number of fused-ring (bicyclic) bond motifs is 1. The quantitative estimate of drug-likeness (QED) is 0.515. The van der Waals surface area contributed by atoms with Crippen LogP contribution < -0.4 is 0 Å². The van der Waals surface area contributed by atoms with Crippen molar-refractivity contribution in [2.24, 2.45) is 0 Å². The smallest absolute Gasteiger partial charge is 0.143 e. The number of aromatic nitrogens is 2. The maximum atomic E-state index is 11.0. The maximum Gasteiger partial charge on any atom is 0.143 e. The second kappa shape index (κ2) is 7.18. The van der Waals surface area contributed by atoms with Crippen molar-refractivity contribution < 1.29 is 5.11 Å². The van der Waals surface area contributed by atoms with Gasteiger partial charge in [0.25, 0.3) is 0 Å². The molecule has 0 aliphatic rings. The zero-order chi connectivity index (χ0) is 19.0. The lowest BCUT2D eigenvalue weighted by molar-refractivity contribution is 0.206. The highest BCUT2D eigenvalue weighted by molar-refractivity contribution is 6.31. The average molecular weight is 377 g/mol. The Balaban J connectivity index is 1.90. The summed E-state index contributed by atoms with van der Waals surface area (Å²) in [7, 11) is 0. The Morgan fingerprint density at radius 3 is 2.37 bits per heavy atom. The zero-order valence-corrected chi connectivity index (χ0v) is 16.1. The Bertz CT molecular complexity index is 1100. The van der Waals surface area contributed by atoms with Crippen LogP contribution in [0, 0.1) is 13.8 Å². The highest BCUT2D eigenvalue weighted by Gasteiger charge is 2.21. The molecule has 0 radical (unpaired) electrons. The molecule has 4 aromatic rings. The summed E-state index contributed by atoms with van der Waals surface area (Å²) in [6.07, 6.45) is -0.804. The fourth-order valence-electron chi connectivity index (χ4n) is 3.35. The number of aliphatic hydroxyl groups excluding tert-OH is 1. The van der Waals surface area contributed by atoms with Crippen LogP contribution in [0.1, 0.15) is 34.2 Å². The second-order valence-electron chi connectivity index (χ2n) is 6.89. The SMILES string of the molecule is Cc1cc2nc(C(O)c3ccccc3)n(Cc3ccccc3Cl)c2cc1C. The summed E-state index contributed by atoms with van der Waals surface area (Å²) >= 11 is 6.40. The third-order valence-corrected chi connectivity index (χ3v) is 5.41. The van der Waals surface area contributed by atoms with E-state index in [1.165, 1.54) is 11.1 Å². The van der Waals surface area contributed by atoms with Gasteiger partial charge in [-0.1, -0.05) is 60.1 Å². The lowest BCUT2D eigenvalue weighted by Gasteiger charge is -2.15. The molecule has 1 N–H and O–H groups in total. The number of benzene rings is 3. The van der Waals surface area contributed by atoms with Gasteiger partial charge in [0, 0.05) is 5.02 Å². The van der Waals surface area contributed by atoms with Gasteiger partial charge in [-0.15, -0.1) is 0 Å². The van der Waals surface area contributed by atoms with Gasteiger partial charge in [-0.3, -0.25) is 0 Å². The van der Waals surface area contributed by atoms with Crippen molar-refractivity contribution in [2.45, 2.75) is 26.5 Å². The maximum absolute atomic E-state index is 11.0. The molecule has 0 aliphatic carbocycles. The molecule has 0 amide bonds. The van der Waals surface area contributed by atoms with Gasteiger partial charge in [0.05, 0.1) is 17.6 Å². The van der Waals surface area contributed by atoms with E-state index in [0.717, 1.165) is 22.2 Å². The normalized spacial score (nSPS) is 12.4. The van der Waals surface area contributed by atoms with E-state index >= 15 is 0 Å². The molecule has 1 unspecified atom stereocenters. The highest BCUT2D eigenvalue weighted by atomic mass is 35.5. The summed E-state index contributed by atoms with van der Waals surface area (Å²) in [6, 6.07) is 21.6. The number of aryl methyl sites for hydroxylation is 2. The fraction of sp³-hybridized carbons (Fsp3) is 0.174. The van der Waals surface area contributed by atoms with E-state index in [9.17, 15) is 5.11 Å². The van der Waals surface area contributed by atoms with Gasteiger partial charge in [0.15, 0.2) is 0 Å². The van der Waals surface area contributed by atoms with Crippen molar-refractivity contribution >= 4 is 22.6 Å². The Morgan fingerprint density at radius 1 is 0.963 bits per heavy atom. The summed E-state index contributed by atoms with van der Waals surface area (Å²) in [5, 5.41) is 11.8. The van der Waals surface area contributed by atoms with Gasteiger partial charge in [-0.25, -0.2) is 4.98 Å². The molecule has 4 rings (SSSR count). The van der Waals surface area contributed by atoms with Crippen LogP contribution in [0.2, 0.25) is 5.02 Å². The van der Waals surface area contributed by atoms with E-state index in [2.05, 4.69) is 30.5 Å². The first-order valence-electron chi connectivity index (χ1n) is 8.98. The molecule has 0 saturated carbocycles. The molecule has 0 saturated heterocycles. The monoisotopic (exact) mass is 376 g/mol. The molecule has 0 spiro atoms. The van der Waals surface area contributed by atoms with Gasteiger partial charge in [0.1, 0.15) is 11.9 Å². The molecular formula is C23H21ClN2O. The van der Waals surface area contributed by atoms with Crippen LogP contribution in [0.25, 0.3) is 11.0 Å². The van der Waals surface area contributed by atoms with E-state index < -0.39 is 6.10 Å². The first kappa shape index (κ1) is 17.8. The van der Waals surface area contributed by atoms with Crippen LogP contribution in [0.5, 0.6) is 0 Å². The molecule has 4 heteroatoms. The predicted molar refractivity (Wildman–Crippen MR) is 110 cm³/mol. The van der Waals surface area contributed by atoms with E-state index in [0.29, 0.717) is 17.4 Å². The van der Waals surface area contributed by atoms with Gasteiger partial charge in [-0.2, -0.15) is 0 Å². The lowest BCUT2D eigenvalue weighted by Crippen LogP contribution is -2.11. The lowest BCUT2D eigenvalue weighted by atomic mass is 10.1. The summed E-state index contributed by atoms with van der Waals surface area (Å²) in [5.74, 6) is 0.626. The topological polar surface area (TPSA) is 38.1 Å². The molecule has 1 heterocycles. The van der Waals surface area contributed by atoms with Crippen LogP contribution in [-0.2, 0) is 6.54 Å². The molecule has 1 atom stereocenters. The first-order chi connectivity index (χ1) is 13.0. The van der Waals surface area contributed by atoms with Gasteiger partial charge in [-0.05, 0) is 54.3 Å². The van der Waals surface area contributed by atoms with Gasteiger partial charge >= 0.3 is 0 Å². The van der Waals surface area contributed by atoms with Crippen molar-refractivity contribution in [3.05, 3.63) is 99.8 Å². The number of aliphatic hydroxyl groups is 1. The standard InChI is InChI=1S/C23H21ClN2O/c1-15-12-20-21(13-16(15)2)26(14-18-10-6-7-11-19(18)24)23(25-20)22(27)17-8-4-3-5-9-17/h3-13,22,27H,14H2,1-2H3. The van der Waals surface area contributed by atoms with Crippen LogP contribution >= 0.6 is 11.6 Å². The summed E-state index contributed by atoms with van der Waals surface area (Å²) in [5.41, 5.74) is 6.09. The second-order valence-corrected chi connectivity index (χ2v) is 7.29. The van der Waals surface area contributed by atoms with Gasteiger partial charge < -0.3 is 9.67 Å². The molecule has 0 aliphatic heterocycles. The minimum atomic E-state index is -0.804. The van der Waals surface area contributed by atoms with Crippen molar-refractivity contribution in [3.63, 3.8) is 0 Å². The third kappa shape index (κ3) is 3.36. The largest absolute Gasteiger partial charge is 0.380 e. The van der Waals surface area contributed by atoms with Crippen molar-refractivity contribution in [3.8, 4) is 0 Å². The van der Waals surface area contributed by atoms with Crippen LogP contribution in [0.3, 0.4) is 0 Å². The molecule has 1 aromatic heterocycles. The van der Waals surface area contributed by atoms with Crippen molar-refractivity contribution in [2.75, 3.05) is 0 Å². The number of hydrogen-bond acceptors (Lipinski definition) is 2. The molecule has 136 valence electrons. The third-order valence-electron chi connectivity index (χ3n) is 5.04. The summed E-state index contributed by atoms with van der Waals surface area (Å²) in [6.45, 7) is 4.72. The molecule has 3 nitrogen and oxygen atoms in total. The van der Waals surface area contributed by atoms with Gasteiger partial charge in [0.2, 0.25) is 0 Å². The predicted octanol–water partition coefficient (Wildman–Crippen LogP) is 5.44. The summed E-state index contributed by atoms with van der Waals surface area (Å²) < 4.78 is 2.07.